The molecule has 5 atom stereocenters. The molecule has 2 bridgehead atoms. The molecule has 3 heteroatoms. The maximum atomic E-state index is 6.72. The van der Waals surface area contributed by atoms with Gasteiger partial charge in [0.25, 0.3) is 0 Å². The van der Waals surface area contributed by atoms with Crippen molar-refractivity contribution >= 4 is 0 Å². The smallest absolute Gasteiger partial charge is 0.185 e. The van der Waals surface area contributed by atoms with E-state index in [1.807, 2.05) is 7.11 Å². The zero-order chi connectivity index (χ0) is 19.2. The molecule has 3 rings (SSSR count). The van der Waals surface area contributed by atoms with E-state index in [1.54, 1.807) is 7.11 Å². The van der Waals surface area contributed by atoms with Crippen LogP contribution in [0.2, 0.25) is 0 Å². The van der Waals surface area contributed by atoms with Crippen molar-refractivity contribution in [2.75, 3.05) is 14.2 Å². The van der Waals surface area contributed by atoms with E-state index >= 15 is 0 Å². The molecule has 0 saturated carbocycles. The lowest BCUT2D eigenvalue weighted by molar-refractivity contribution is -0.261. The normalized spacial score (nSPS) is 40.2. The van der Waals surface area contributed by atoms with Crippen molar-refractivity contribution in [3.8, 4) is 0 Å². The average molecular weight is 361 g/mol. The Balaban J connectivity index is 2.00. The monoisotopic (exact) mass is 360 g/mol. The Hall–Kier alpha value is -1.06. The highest BCUT2D eigenvalue weighted by molar-refractivity contribution is 5.32. The van der Waals surface area contributed by atoms with Crippen LogP contribution < -0.4 is 0 Å². The zero-order valence-electron chi connectivity index (χ0n) is 17.6. The second kappa shape index (κ2) is 6.83. The summed E-state index contributed by atoms with van der Waals surface area (Å²) in [7, 11) is 3.62. The summed E-state index contributed by atoms with van der Waals surface area (Å²) in [4.78, 5) is 0. The molecule has 0 spiro atoms. The first kappa shape index (κ1) is 19.7. The van der Waals surface area contributed by atoms with E-state index in [1.165, 1.54) is 11.1 Å². The molecule has 2 heterocycles. The number of hydrogen-bond acceptors (Lipinski definition) is 3. The third kappa shape index (κ3) is 2.62. The van der Waals surface area contributed by atoms with Crippen molar-refractivity contribution in [3.63, 3.8) is 0 Å². The average Bonchev–Trinajstić information content (AvgIpc) is 3.06. The maximum Gasteiger partial charge on any atom is 0.185 e. The summed E-state index contributed by atoms with van der Waals surface area (Å²) in [5.41, 5.74) is 2.67. The van der Waals surface area contributed by atoms with Gasteiger partial charge in [0.05, 0.1) is 18.6 Å². The largest absolute Gasteiger partial charge is 0.501 e. The van der Waals surface area contributed by atoms with Crippen LogP contribution >= 0.6 is 0 Å². The molecule has 1 unspecified atom stereocenters. The summed E-state index contributed by atoms with van der Waals surface area (Å²) in [6, 6.07) is 0. The van der Waals surface area contributed by atoms with Crippen LogP contribution in [0.5, 0.6) is 0 Å². The van der Waals surface area contributed by atoms with Gasteiger partial charge in [-0.3, -0.25) is 0 Å². The van der Waals surface area contributed by atoms with E-state index in [0.717, 1.165) is 37.9 Å². The zero-order valence-corrected chi connectivity index (χ0v) is 17.6. The van der Waals surface area contributed by atoms with E-state index in [9.17, 15) is 0 Å². The molecule has 3 nitrogen and oxygen atoms in total. The number of hydrogen-bond donors (Lipinski definition) is 0. The summed E-state index contributed by atoms with van der Waals surface area (Å²) in [6.45, 7) is 11.1. The second-order valence-electron chi connectivity index (χ2n) is 9.14. The maximum absolute atomic E-state index is 6.72. The molecular weight excluding hydrogens is 324 g/mol. The van der Waals surface area contributed by atoms with Gasteiger partial charge in [-0.15, -0.1) is 0 Å². The Kier molecular flexibility index (Phi) is 5.18. The van der Waals surface area contributed by atoms with Crippen molar-refractivity contribution in [1.82, 2.24) is 0 Å². The molecule has 3 aliphatic rings. The predicted octanol–water partition coefficient (Wildman–Crippen LogP) is 5.78. The molecule has 2 saturated heterocycles. The topological polar surface area (TPSA) is 27.7 Å². The Morgan fingerprint density at radius 3 is 2.46 bits per heavy atom. The molecular formula is C23H36O3. The molecule has 0 aromatic rings. The first-order valence-electron chi connectivity index (χ1n) is 10.00. The van der Waals surface area contributed by atoms with Gasteiger partial charge in [-0.2, -0.15) is 0 Å². The molecule has 0 N–H and O–H groups in total. The lowest BCUT2D eigenvalue weighted by Crippen LogP contribution is -2.59. The van der Waals surface area contributed by atoms with Gasteiger partial charge in [-0.1, -0.05) is 30.2 Å². The molecule has 26 heavy (non-hydrogen) atoms. The van der Waals surface area contributed by atoms with E-state index in [4.69, 9.17) is 14.2 Å². The SMILES string of the molecule is COC1=CC[C@H]2[C@]3(OC)OC(C[C@]13CC=C(C)C)[C@@]2(C)CCC=C(C)C. The van der Waals surface area contributed by atoms with Gasteiger partial charge in [0.2, 0.25) is 0 Å². The van der Waals surface area contributed by atoms with Crippen LogP contribution in [0.4, 0.5) is 0 Å². The number of fused-ring (bicyclic) bond motifs is 1. The third-order valence-electron chi connectivity index (χ3n) is 7.14. The minimum Gasteiger partial charge on any atom is -0.501 e. The lowest BCUT2D eigenvalue weighted by Gasteiger charge is -2.55. The Morgan fingerprint density at radius 1 is 1.19 bits per heavy atom. The minimum absolute atomic E-state index is 0.145. The molecule has 1 aliphatic carbocycles. The molecule has 0 aromatic carbocycles. The Bertz CT molecular complexity index is 638. The molecule has 0 amide bonds. The highest BCUT2D eigenvalue weighted by Gasteiger charge is 2.77. The van der Waals surface area contributed by atoms with E-state index < -0.39 is 5.79 Å². The van der Waals surface area contributed by atoms with Crippen LogP contribution in [0.3, 0.4) is 0 Å². The van der Waals surface area contributed by atoms with Crippen LogP contribution in [0.25, 0.3) is 0 Å². The van der Waals surface area contributed by atoms with E-state index in [2.05, 4.69) is 52.8 Å². The van der Waals surface area contributed by atoms with Gasteiger partial charge in [-0.25, -0.2) is 0 Å². The quantitative estimate of drug-likeness (QED) is 0.539. The van der Waals surface area contributed by atoms with Gasteiger partial charge in [0.15, 0.2) is 5.79 Å². The number of allylic oxidation sites excluding steroid dienone is 5. The van der Waals surface area contributed by atoms with Crippen LogP contribution in [0, 0.1) is 16.7 Å². The van der Waals surface area contributed by atoms with E-state index in [-0.39, 0.29) is 16.9 Å². The summed E-state index contributed by atoms with van der Waals surface area (Å²) in [6.07, 6.45) is 12.3. The molecule has 2 aliphatic heterocycles. The number of methoxy groups -OCH3 is 2. The van der Waals surface area contributed by atoms with Crippen molar-refractivity contribution in [2.45, 2.75) is 78.6 Å². The second-order valence-corrected chi connectivity index (χ2v) is 9.14. The van der Waals surface area contributed by atoms with Crippen molar-refractivity contribution in [2.24, 2.45) is 16.7 Å². The van der Waals surface area contributed by atoms with Gasteiger partial charge < -0.3 is 14.2 Å². The van der Waals surface area contributed by atoms with Crippen molar-refractivity contribution in [3.05, 3.63) is 35.1 Å². The fourth-order valence-corrected chi connectivity index (χ4v) is 5.76. The van der Waals surface area contributed by atoms with Crippen molar-refractivity contribution in [1.29, 1.82) is 0 Å². The summed E-state index contributed by atoms with van der Waals surface area (Å²) in [5.74, 6) is 0.861. The predicted molar refractivity (Wildman–Crippen MR) is 106 cm³/mol. The van der Waals surface area contributed by atoms with Gasteiger partial charge >= 0.3 is 0 Å². The van der Waals surface area contributed by atoms with Crippen LogP contribution in [0.15, 0.2) is 35.1 Å². The van der Waals surface area contributed by atoms with Gasteiger partial charge in [0.1, 0.15) is 5.76 Å². The molecule has 0 aromatic heterocycles. The van der Waals surface area contributed by atoms with Gasteiger partial charge in [-0.05, 0) is 65.9 Å². The summed E-state index contributed by atoms with van der Waals surface area (Å²) >= 11 is 0. The highest BCUT2D eigenvalue weighted by atomic mass is 16.7. The number of ether oxygens (including phenoxy) is 3. The minimum atomic E-state index is -0.566. The number of rotatable bonds is 7. The Morgan fingerprint density at radius 2 is 1.88 bits per heavy atom. The Labute approximate surface area is 159 Å². The first-order valence-corrected chi connectivity index (χ1v) is 10.00. The third-order valence-corrected chi connectivity index (χ3v) is 7.14. The fourth-order valence-electron chi connectivity index (χ4n) is 5.76. The molecule has 0 radical (unpaired) electrons. The van der Waals surface area contributed by atoms with Crippen LogP contribution in [0.1, 0.15) is 66.7 Å². The summed E-state index contributed by atoms with van der Waals surface area (Å²) in [5, 5.41) is 0. The van der Waals surface area contributed by atoms with Crippen molar-refractivity contribution < 1.29 is 14.2 Å². The van der Waals surface area contributed by atoms with Crippen LogP contribution in [-0.2, 0) is 14.2 Å². The standard InChI is InChI=1S/C23H36O3/c1-16(2)9-8-13-21(5)18-10-11-19(24-6)22(14-12-17(3)4)15-20(21)26-23(18,22)25-7/h9,11-12,18,20H,8,10,13-15H2,1-7H3/t18-,20?,21+,22-,23+/m1/s1. The fraction of sp³-hybridized carbons (Fsp3) is 0.739. The van der Waals surface area contributed by atoms with E-state index in [0.29, 0.717) is 5.92 Å². The van der Waals surface area contributed by atoms with Crippen LogP contribution in [-0.4, -0.2) is 26.1 Å². The summed E-state index contributed by atoms with van der Waals surface area (Å²) < 4.78 is 18.9. The van der Waals surface area contributed by atoms with Gasteiger partial charge in [0, 0.05) is 18.4 Å². The molecule has 2 fully saturated rings. The highest BCUT2D eigenvalue weighted by Crippen LogP contribution is 2.72. The first-order chi connectivity index (χ1) is 12.3. The lowest BCUT2D eigenvalue weighted by atomic mass is 9.51. The molecule has 146 valence electrons.